The summed E-state index contributed by atoms with van der Waals surface area (Å²) in [7, 11) is 0. The van der Waals surface area contributed by atoms with Gasteiger partial charge in [-0.3, -0.25) is 0 Å². The second-order valence-corrected chi connectivity index (χ2v) is 4.99. The minimum atomic E-state index is -0.238. The summed E-state index contributed by atoms with van der Waals surface area (Å²) in [6.45, 7) is 4.86. The molecule has 114 valence electrons. The molecule has 21 heavy (non-hydrogen) atoms. The first kappa shape index (κ1) is 17.0. The molecule has 5 heteroatoms. The topological polar surface area (TPSA) is 76.4 Å². The van der Waals surface area contributed by atoms with Crippen LogP contribution in [-0.2, 0) is 0 Å². The molecule has 0 unspecified atom stereocenters. The molecule has 5 nitrogen and oxygen atoms in total. The van der Waals surface area contributed by atoms with E-state index in [1.54, 1.807) is 17.0 Å². The van der Waals surface area contributed by atoms with Gasteiger partial charge in [0.2, 0.25) is 0 Å². The maximum Gasteiger partial charge on any atom is 0.321 e. The second kappa shape index (κ2) is 8.98. The van der Waals surface area contributed by atoms with Crippen LogP contribution in [0.15, 0.2) is 18.2 Å². The summed E-state index contributed by atoms with van der Waals surface area (Å²) in [6, 6.07) is 7.01. The van der Waals surface area contributed by atoms with E-state index in [0.717, 1.165) is 24.8 Å². The summed E-state index contributed by atoms with van der Waals surface area (Å²) in [5, 5.41) is 20.8. The van der Waals surface area contributed by atoms with Crippen molar-refractivity contribution < 1.29 is 9.90 Å². The molecule has 0 aliphatic rings. The molecule has 1 aromatic rings. The molecule has 1 aromatic carbocycles. The van der Waals surface area contributed by atoms with Crippen LogP contribution in [0.5, 0.6) is 0 Å². The number of carbonyl (C=O) groups is 1. The third kappa shape index (κ3) is 5.44. The highest BCUT2D eigenvalue weighted by Gasteiger charge is 2.13. The molecule has 0 spiro atoms. The van der Waals surface area contributed by atoms with Crippen LogP contribution in [0.1, 0.15) is 37.3 Å². The quantitative estimate of drug-likeness (QED) is 0.758. The molecule has 1 rings (SSSR count). The van der Waals surface area contributed by atoms with Gasteiger partial charge in [0.05, 0.1) is 18.2 Å². The zero-order chi connectivity index (χ0) is 15.7. The third-order valence-electron chi connectivity index (χ3n) is 3.30. The van der Waals surface area contributed by atoms with Gasteiger partial charge in [-0.15, -0.1) is 0 Å². The zero-order valence-corrected chi connectivity index (χ0v) is 12.7. The summed E-state index contributed by atoms with van der Waals surface area (Å²) in [4.78, 5) is 13.9. The molecular weight excluding hydrogens is 266 g/mol. The highest BCUT2D eigenvalue weighted by molar-refractivity contribution is 5.90. The van der Waals surface area contributed by atoms with E-state index in [1.807, 2.05) is 13.0 Å². The van der Waals surface area contributed by atoms with Gasteiger partial charge in [0, 0.05) is 18.8 Å². The number of nitriles is 1. The zero-order valence-electron chi connectivity index (χ0n) is 12.7. The number of unbranched alkanes of at least 4 members (excludes halogenated alkanes) is 2. The van der Waals surface area contributed by atoms with Gasteiger partial charge < -0.3 is 15.3 Å². The normalized spacial score (nSPS) is 10.0. The van der Waals surface area contributed by atoms with Crippen LogP contribution in [0.3, 0.4) is 0 Å². The van der Waals surface area contributed by atoms with E-state index in [2.05, 4.69) is 18.3 Å². The number of amides is 2. The molecule has 2 N–H and O–H groups in total. The molecule has 0 fully saturated rings. The predicted molar refractivity (Wildman–Crippen MR) is 83.1 cm³/mol. The van der Waals surface area contributed by atoms with Gasteiger partial charge in [0.1, 0.15) is 0 Å². The van der Waals surface area contributed by atoms with E-state index in [-0.39, 0.29) is 12.6 Å². The molecule has 0 aliphatic carbocycles. The number of aliphatic hydroxyl groups is 1. The van der Waals surface area contributed by atoms with Crippen molar-refractivity contribution in [3.05, 3.63) is 29.3 Å². The lowest BCUT2D eigenvalue weighted by Crippen LogP contribution is -2.38. The number of rotatable bonds is 7. The van der Waals surface area contributed by atoms with E-state index in [0.29, 0.717) is 24.3 Å². The SMILES string of the molecule is CCCCCN(CCO)C(=O)Nc1cc(C#N)ccc1C. The Morgan fingerprint density at radius 1 is 1.38 bits per heavy atom. The van der Waals surface area contributed by atoms with Crippen molar-refractivity contribution in [2.24, 2.45) is 0 Å². The number of hydrogen-bond acceptors (Lipinski definition) is 3. The Balaban J connectivity index is 2.74. The number of carbonyl (C=O) groups excluding carboxylic acids is 1. The average molecular weight is 289 g/mol. The second-order valence-electron chi connectivity index (χ2n) is 4.99. The van der Waals surface area contributed by atoms with Crippen molar-refractivity contribution in [1.29, 1.82) is 5.26 Å². The number of urea groups is 1. The standard InChI is InChI=1S/C16H23N3O2/c1-3-4-5-8-19(9-10-20)16(21)18-15-11-14(12-17)7-6-13(15)2/h6-7,11,20H,3-5,8-10H2,1-2H3,(H,18,21). The Morgan fingerprint density at radius 2 is 2.14 bits per heavy atom. The largest absolute Gasteiger partial charge is 0.395 e. The van der Waals surface area contributed by atoms with Crippen molar-refractivity contribution in [2.45, 2.75) is 33.1 Å². The number of nitrogens with one attached hydrogen (secondary N) is 1. The molecule has 0 saturated carbocycles. The van der Waals surface area contributed by atoms with Crippen LogP contribution in [-0.4, -0.2) is 35.7 Å². The fourth-order valence-corrected chi connectivity index (χ4v) is 2.01. The fraction of sp³-hybridized carbons (Fsp3) is 0.500. The number of nitrogens with zero attached hydrogens (tertiary/aromatic N) is 2. The van der Waals surface area contributed by atoms with Crippen LogP contribution < -0.4 is 5.32 Å². The predicted octanol–water partition coefficient (Wildman–Crippen LogP) is 2.88. The number of aliphatic hydroxyl groups excluding tert-OH is 1. The van der Waals surface area contributed by atoms with Crippen LogP contribution in [0.4, 0.5) is 10.5 Å². The van der Waals surface area contributed by atoms with Crippen LogP contribution >= 0.6 is 0 Å². The Labute approximate surface area is 126 Å². The van der Waals surface area contributed by atoms with Crippen molar-refractivity contribution in [3.8, 4) is 6.07 Å². The third-order valence-corrected chi connectivity index (χ3v) is 3.30. The molecule has 0 heterocycles. The van der Waals surface area contributed by atoms with Crippen molar-refractivity contribution >= 4 is 11.7 Å². The molecule has 2 amide bonds. The van der Waals surface area contributed by atoms with Gasteiger partial charge in [-0.05, 0) is 31.0 Å². The monoisotopic (exact) mass is 289 g/mol. The highest BCUT2D eigenvalue weighted by Crippen LogP contribution is 2.17. The molecular formula is C16H23N3O2. The lowest BCUT2D eigenvalue weighted by Gasteiger charge is -2.22. The number of benzene rings is 1. The van der Waals surface area contributed by atoms with Crippen LogP contribution in [0, 0.1) is 18.3 Å². The number of anilines is 1. The minimum Gasteiger partial charge on any atom is -0.395 e. The van der Waals surface area contributed by atoms with Gasteiger partial charge in [-0.2, -0.15) is 5.26 Å². The van der Waals surface area contributed by atoms with Crippen LogP contribution in [0.2, 0.25) is 0 Å². The smallest absolute Gasteiger partial charge is 0.321 e. The van der Waals surface area contributed by atoms with Gasteiger partial charge in [-0.25, -0.2) is 4.79 Å². The van der Waals surface area contributed by atoms with E-state index in [4.69, 9.17) is 10.4 Å². The highest BCUT2D eigenvalue weighted by atomic mass is 16.3. The van der Waals surface area contributed by atoms with E-state index < -0.39 is 0 Å². The first-order valence-corrected chi connectivity index (χ1v) is 7.30. The van der Waals surface area contributed by atoms with Crippen molar-refractivity contribution in [3.63, 3.8) is 0 Å². The van der Waals surface area contributed by atoms with Gasteiger partial charge in [0.25, 0.3) is 0 Å². The average Bonchev–Trinajstić information content (AvgIpc) is 2.48. The lowest BCUT2D eigenvalue weighted by molar-refractivity contribution is 0.187. The van der Waals surface area contributed by atoms with Gasteiger partial charge >= 0.3 is 6.03 Å². The molecule has 0 radical (unpaired) electrons. The first-order chi connectivity index (χ1) is 10.1. The van der Waals surface area contributed by atoms with Crippen LogP contribution in [0.25, 0.3) is 0 Å². The maximum atomic E-state index is 12.3. The van der Waals surface area contributed by atoms with Crippen molar-refractivity contribution in [1.82, 2.24) is 4.90 Å². The Hall–Kier alpha value is -2.06. The number of hydrogen-bond donors (Lipinski definition) is 2. The molecule has 0 bridgehead atoms. The summed E-state index contributed by atoms with van der Waals surface area (Å²) in [5.41, 5.74) is 2.05. The summed E-state index contributed by atoms with van der Waals surface area (Å²) in [6.07, 6.45) is 3.05. The van der Waals surface area contributed by atoms with E-state index in [9.17, 15) is 4.79 Å². The maximum absolute atomic E-state index is 12.3. The minimum absolute atomic E-state index is 0.0588. The molecule has 0 aromatic heterocycles. The Morgan fingerprint density at radius 3 is 2.76 bits per heavy atom. The summed E-state index contributed by atoms with van der Waals surface area (Å²) < 4.78 is 0. The summed E-state index contributed by atoms with van der Waals surface area (Å²) >= 11 is 0. The van der Waals surface area contributed by atoms with Crippen molar-refractivity contribution in [2.75, 3.05) is 25.0 Å². The lowest BCUT2D eigenvalue weighted by atomic mass is 10.1. The summed E-state index contributed by atoms with van der Waals surface area (Å²) in [5.74, 6) is 0. The molecule has 0 saturated heterocycles. The Kier molecular flexibility index (Phi) is 7.27. The van der Waals surface area contributed by atoms with Gasteiger partial charge in [0.15, 0.2) is 0 Å². The van der Waals surface area contributed by atoms with E-state index >= 15 is 0 Å². The number of aryl methyl sites for hydroxylation is 1. The first-order valence-electron chi connectivity index (χ1n) is 7.30. The van der Waals surface area contributed by atoms with E-state index in [1.165, 1.54) is 0 Å². The molecule has 0 aliphatic heterocycles. The van der Waals surface area contributed by atoms with Gasteiger partial charge in [-0.1, -0.05) is 25.8 Å². The molecule has 0 atom stereocenters. The fourth-order valence-electron chi connectivity index (χ4n) is 2.01. The Bertz CT molecular complexity index is 509.